The van der Waals surface area contributed by atoms with Crippen LogP contribution in [0.4, 0.5) is 5.69 Å². The Morgan fingerprint density at radius 3 is 2.57 bits per heavy atom. The van der Waals surface area contributed by atoms with Crippen molar-refractivity contribution in [3.63, 3.8) is 0 Å². The van der Waals surface area contributed by atoms with Gasteiger partial charge in [-0.2, -0.15) is 0 Å². The fourth-order valence-electron chi connectivity index (χ4n) is 3.16. The number of carbonyl (C=O) groups excluding carboxylic acids is 3. The highest BCUT2D eigenvalue weighted by Crippen LogP contribution is 2.26. The summed E-state index contributed by atoms with van der Waals surface area (Å²) in [6.45, 7) is 1.97. The van der Waals surface area contributed by atoms with Gasteiger partial charge in [0.15, 0.2) is 12.4 Å². The predicted molar refractivity (Wildman–Crippen MR) is 105 cm³/mol. The van der Waals surface area contributed by atoms with Gasteiger partial charge in [0, 0.05) is 24.2 Å². The Balaban J connectivity index is 1.57. The molecule has 0 aliphatic carbocycles. The molecule has 1 fully saturated rings. The van der Waals surface area contributed by atoms with Crippen molar-refractivity contribution >= 4 is 23.3 Å². The SMILES string of the molecule is CCc1ccc(N2C[C@H](C(=O)OCC(=O)c3cccc(OC)c3)CC2=O)cc1. The van der Waals surface area contributed by atoms with E-state index < -0.39 is 11.9 Å². The third kappa shape index (κ3) is 4.39. The summed E-state index contributed by atoms with van der Waals surface area (Å²) in [7, 11) is 1.52. The highest BCUT2D eigenvalue weighted by atomic mass is 16.5. The molecule has 1 aliphatic rings. The molecule has 146 valence electrons. The number of benzene rings is 2. The maximum atomic E-state index is 12.3. The van der Waals surface area contributed by atoms with Gasteiger partial charge in [0.25, 0.3) is 0 Å². The number of esters is 1. The fourth-order valence-corrected chi connectivity index (χ4v) is 3.16. The highest BCUT2D eigenvalue weighted by molar-refractivity contribution is 6.01. The molecule has 1 saturated heterocycles. The first-order valence-electron chi connectivity index (χ1n) is 9.25. The number of ketones is 1. The van der Waals surface area contributed by atoms with Crippen molar-refractivity contribution in [3.8, 4) is 5.75 Å². The van der Waals surface area contributed by atoms with Crippen LogP contribution in [0.1, 0.15) is 29.3 Å². The summed E-state index contributed by atoms with van der Waals surface area (Å²) in [6.07, 6.45) is 1.01. The van der Waals surface area contributed by atoms with E-state index >= 15 is 0 Å². The first kappa shape index (κ1) is 19.6. The van der Waals surface area contributed by atoms with Crippen molar-refractivity contribution in [2.75, 3.05) is 25.2 Å². The molecule has 0 unspecified atom stereocenters. The second kappa shape index (κ2) is 8.69. The van der Waals surface area contributed by atoms with Gasteiger partial charge in [0.05, 0.1) is 13.0 Å². The van der Waals surface area contributed by atoms with Crippen LogP contribution in [0.15, 0.2) is 48.5 Å². The van der Waals surface area contributed by atoms with Gasteiger partial charge in [-0.1, -0.05) is 31.2 Å². The lowest BCUT2D eigenvalue weighted by Crippen LogP contribution is -2.27. The van der Waals surface area contributed by atoms with E-state index in [4.69, 9.17) is 9.47 Å². The molecule has 2 aromatic carbocycles. The van der Waals surface area contributed by atoms with E-state index in [1.54, 1.807) is 29.2 Å². The van der Waals surface area contributed by atoms with Crippen LogP contribution < -0.4 is 9.64 Å². The Labute approximate surface area is 164 Å². The van der Waals surface area contributed by atoms with Gasteiger partial charge < -0.3 is 14.4 Å². The molecule has 6 nitrogen and oxygen atoms in total. The number of Topliss-reactive ketones (excluding diaryl/α,β-unsaturated/α-hetero) is 1. The Bertz CT molecular complexity index is 875. The van der Waals surface area contributed by atoms with E-state index in [-0.39, 0.29) is 31.3 Å². The number of ether oxygens (including phenoxy) is 2. The summed E-state index contributed by atoms with van der Waals surface area (Å²) in [5.41, 5.74) is 2.36. The molecule has 28 heavy (non-hydrogen) atoms. The molecule has 0 saturated carbocycles. The van der Waals surface area contributed by atoms with E-state index in [9.17, 15) is 14.4 Å². The molecule has 1 amide bonds. The van der Waals surface area contributed by atoms with Crippen molar-refractivity contribution in [2.45, 2.75) is 19.8 Å². The van der Waals surface area contributed by atoms with Gasteiger partial charge in [-0.3, -0.25) is 14.4 Å². The van der Waals surface area contributed by atoms with Crippen LogP contribution in [0.2, 0.25) is 0 Å². The highest BCUT2D eigenvalue weighted by Gasteiger charge is 2.36. The van der Waals surface area contributed by atoms with Crippen molar-refractivity contribution in [2.24, 2.45) is 5.92 Å². The molecule has 0 radical (unpaired) electrons. The van der Waals surface area contributed by atoms with E-state index in [0.29, 0.717) is 11.3 Å². The molecule has 2 aromatic rings. The number of methoxy groups -OCH3 is 1. The minimum atomic E-state index is -0.573. The van der Waals surface area contributed by atoms with Crippen LogP contribution in [-0.2, 0) is 20.7 Å². The van der Waals surface area contributed by atoms with Gasteiger partial charge in [-0.15, -0.1) is 0 Å². The molecule has 0 N–H and O–H groups in total. The molecule has 0 spiro atoms. The molecule has 1 aliphatic heterocycles. The number of nitrogens with zero attached hydrogens (tertiary/aromatic N) is 1. The Hall–Kier alpha value is -3.15. The summed E-state index contributed by atoms with van der Waals surface area (Å²) in [4.78, 5) is 38.5. The Morgan fingerprint density at radius 2 is 1.89 bits per heavy atom. The molecule has 6 heteroatoms. The van der Waals surface area contributed by atoms with Crippen molar-refractivity contribution < 1.29 is 23.9 Å². The lowest BCUT2D eigenvalue weighted by molar-refractivity contribution is -0.147. The predicted octanol–water partition coefficient (Wildman–Crippen LogP) is 3.04. The number of carbonyl (C=O) groups is 3. The zero-order valence-corrected chi connectivity index (χ0v) is 16.0. The summed E-state index contributed by atoms with van der Waals surface area (Å²) >= 11 is 0. The van der Waals surface area contributed by atoms with Gasteiger partial charge in [0.2, 0.25) is 5.91 Å². The van der Waals surface area contributed by atoms with Crippen LogP contribution in [-0.4, -0.2) is 37.9 Å². The molecular formula is C22H23NO5. The van der Waals surface area contributed by atoms with Crippen molar-refractivity contribution in [1.29, 1.82) is 0 Å². The van der Waals surface area contributed by atoms with Crippen LogP contribution in [0.3, 0.4) is 0 Å². The maximum Gasteiger partial charge on any atom is 0.311 e. The number of hydrogen-bond donors (Lipinski definition) is 0. The van der Waals surface area contributed by atoms with E-state index in [1.165, 1.54) is 12.7 Å². The number of anilines is 1. The number of rotatable bonds is 7. The maximum absolute atomic E-state index is 12.3. The fraction of sp³-hybridized carbons (Fsp3) is 0.318. The average molecular weight is 381 g/mol. The number of aryl methyl sites for hydroxylation is 1. The second-order valence-electron chi connectivity index (χ2n) is 6.69. The first-order chi connectivity index (χ1) is 13.5. The Morgan fingerprint density at radius 1 is 1.14 bits per heavy atom. The van der Waals surface area contributed by atoms with Crippen molar-refractivity contribution in [1.82, 2.24) is 0 Å². The third-order valence-electron chi connectivity index (χ3n) is 4.85. The van der Waals surface area contributed by atoms with E-state index in [2.05, 4.69) is 6.92 Å². The summed E-state index contributed by atoms with van der Waals surface area (Å²) in [5.74, 6) is -0.981. The molecule has 1 heterocycles. The molecule has 0 aromatic heterocycles. The average Bonchev–Trinajstić information content (AvgIpc) is 3.13. The minimum Gasteiger partial charge on any atom is -0.497 e. The first-order valence-corrected chi connectivity index (χ1v) is 9.25. The largest absolute Gasteiger partial charge is 0.497 e. The smallest absolute Gasteiger partial charge is 0.311 e. The molecule has 3 rings (SSSR count). The standard InChI is InChI=1S/C22H23NO5/c1-3-15-7-9-18(10-8-15)23-13-17(12-21(23)25)22(26)28-14-20(24)16-5-4-6-19(11-16)27-2/h4-11,17H,3,12-14H2,1-2H3/t17-/m1/s1. The topological polar surface area (TPSA) is 72.9 Å². The quantitative estimate of drug-likeness (QED) is 0.544. The third-order valence-corrected chi connectivity index (χ3v) is 4.85. The summed E-state index contributed by atoms with van der Waals surface area (Å²) in [5, 5.41) is 0. The monoisotopic (exact) mass is 381 g/mol. The van der Waals surface area contributed by atoms with Crippen molar-refractivity contribution in [3.05, 3.63) is 59.7 Å². The summed E-state index contributed by atoms with van der Waals surface area (Å²) < 4.78 is 10.3. The molecular weight excluding hydrogens is 358 g/mol. The molecule has 0 bridgehead atoms. The summed E-state index contributed by atoms with van der Waals surface area (Å²) in [6, 6.07) is 14.4. The van der Waals surface area contributed by atoms with Crippen LogP contribution in [0.25, 0.3) is 0 Å². The lowest BCUT2D eigenvalue weighted by atomic mass is 10.1. The van der Waals surface area contributed by atoms with Gasteiger partial charge in [0.1, 0.15) is 5.75 Å². The normalized spacial score (nSPS) is 16.1. The van der Waals surface area contributed by atoms with Crippen LogP contribution >= 0.6 is 0 Å². The van der Waals surface area contributed by atoms with Crippen LogP contribution in [0, 0.1) is 5.92 Å². The lowest BCUT2D eigenvalue weighted by Gasteiger charge is -2.17. The van der Waals surface area contributed by atoms with Gasteiger partial charge >= 0.3 is 5.97 Å². The second-order valence-corrected chi connectivity index (χ2v) is 6.69. The zero-order chi connectivity index (χ0) is 20.1. The van der Waals surface area contributed by atoms with Crippen LogP contribution in [0.5, 0.6) is 5.75 Å². The Kier molecular flexibility index (Phi) is 6.09. The van der Waals surface area contributed by atoms with Gasteiger partial charge in [-0.05, 0) is 36.2 Å². The van der Waals surface area contributed by atoms with E-state index in [0.717, 1.165) is 12.1 Å². The van der Waals surface area contributed by atoms with Gasteiger partial charge in [-0.25, -0.2) is 0 Å². The minimum absolute atomic E-state index is 0.0850. The zero-order valence-electron chi connectivity index (χ0n) is 16.0. The number of hydrogen-bond acceptors (Lipinski definition) is 5. The molecule has 1 atom stereocenters. The number of amides is 1. The van der Waals surface area contributed by atoms with E-state index in [1.807, 2.05) is 24.3 Å².